The molecular weight excluding hydrogens is 349 g/mol. The van der Waals surface area contributed by atoms with E-state index in [1.54, 1.807) is 29.2 Å². The summed E-state index contributed by atoms with van der Waals surface area (Å²) >= 11 is 0. The van der Waals surface area contributed by atoms with Crippen molar-refractivity contribution in [3.63, 3.8) is 0 Å². The van der Waals surface area contributed by atoms with Crippen LogP contribution in [0, 0.1) is 5.82 Å². The maximum Gasteiger partial charge on any atom is 0.319 e. The molecule has 3 amide bonds. The minimum absolute atomic E-state index is 0.0797. The third kappa shape index (κ3) is 5.79. The largest absolute Gasteiger partial charge is 0.378 e. The van der Waals surface area contributed by atoms with Gasteiger partial charge in [0, 0.05) is 25.3 Å². The lowest BCUT2D eigenvalue weighted by Gasteiger charge is -2.26. The zero-order valence-electron chi connectivity index (χ0n) is 14.9. The molecule has 1 aliphatic heterocycles. The molecule has 1 saturated heterocycles. The molecule has 1 fully saturated rings. The summed E-state index contributed by atoms with van der Waals surface area (Å²) in [6.45, 7) is 2.74. The van der Waals surface area contributed by atoms with Gasteiger partial charge in [0.15, 0.2) is 0 Å². The summed E-state index contributed by atoms with van der Waals surface area (Å²) < 4.78 is 18.1. The Morgan fingerprint density at radius 3 is 2.26 bits per heavy atom. The lowest BCUT2D eigenvalue weighted by molar-refractivity contribution is -0.134. The number of benzene rings is 2. The van der Waals surface area contributed by atoms with E-state index in [9.17, 15) is 14.0 Å². The average Bonchev–Trinajstić information content (AvgIpc) is 2.70. The summed E-state index contributed by atoms with van der Waals surface area (Å²) in [5, 5.41) is 5.44. The van der Waals surface area contributed by atoms with Crippen LogP contribution >= 0.6 is 0 Å². The number of anilines is 1. The number of morpholine rings is 1. The van der Waals surface area contributed by atoms with Gasteiger partial charge in [0.2, 0.25) is 5.91 Å². The van der Waals surface area contributed by atoms with Crippen molar-refractivity contribution in [2.75, 3.05) is 31.6 Å². The molecule has 1 heterocycles. The van der Waals surface area contributed by atoms with Crippen molar-refractivity contribution in [2.24, 2.45) is 0 Å². The number of carbonyl (C=O) groups excluding carboxylic acids is 2. The van der Waals surface area contributed by atoms with Gasteiger partial charge in [0.05, 0.1) is 19.6 Å². The fourth-order valence-corrected chi connectivity index (χ4v) is 2.76. The number of urea groups is 1. The molecule has 6 nitrogen and oxygen atoms in total. The van der Waals surface area contributed by atoms with Crippen LogP contribution < -0.4 is 10.6 Å². The van der Waals surface area contributed by atoms with Crippen LogP contribution in [-0.4, -0.2) is 43.1 Å². The molecule has 27 heavy (non-hydrogen) atoms. The summed E-state index contributed by atoms with van der Waals surface area (Å²) in [6, 6.07) is 12.8. The maximum atomic E-state index is 12.9. The number of ether oxygens (including phenoxy) is 1. The third-order valence-electron chi connectivity index (χ3n) is 4.30. The van der Waals surface area contributed by atoms with Gasteiger partial charge in [-0.3, -0.25) is 4.79 Å². The molecular formula is C20H22FN3O3. The molecule has 2 aromatic carbocycles. The highest BCUT2D eigenvalue weighted by Gasteiger charge is 2.16. The van der Waals surface area contributed by atoms with Crippen molar-refractivity contribution in [3.05, 3.63) is 65.5 Å². The Morgan fingerprint density at radius 1 is 0.963 bits per heavy atom. The molecule has 0 atom stereocenters. The van der Waals surface area contributed by atoms with E-state index in [0.29, 0.717) is 45.0 Å². The van der Waals surface area contributed by atoms with Crippen LogP contribution in [0.5, 0.6) is 0 Å². The van der Waals surface area contributed by atoms with Crippen LogP contribution in [-0.2, 0) is 22.5 Å². The van der Waals surface area contributed by atoms with Crippen molar-refractivity contribution in [1.29, 1.82) is 0 Å². The molecule has 0 bridgehead atoms. The molecule has 0 radical (unpaired) electrons. The molecule has 0 spiro atoms. The van der Waals surface area contributed by atoms with Gasteiger partial charge in [-0.25, -0.2) is 9.18 Å². The zero-order valence-corrected chi connectivity index (χ0v) is 14.9. The van der Waals surface area contributed by atoms with Gasteiger partial charge in [-0.1, -0.05) is 24.3 Å². The van der Waals surface area contributed by atoms with E-state index >= 15 is 0 Å². The molecule has 2 aromatic rings. The van der Waals surface area contributed by atoms with Crippen molar-refractivity contribution in [1.82, 2.24) is 10.2 Å². The minimum atomic E-state index is -0.350. The second-order valence-corrected chi connectivity index (χ2v) is 6.30. The van der Waals surface area contributed by atoms with Crippen LogP contribution in [0.4, 0.5) is 14.9 Å². The van der Waals surface area contributed by atoms with Gasteiger partial charge in [0.25, 0.3) is 0 Å². The lowest BCUT2D eigenvalue weighted by atomic mass is 10.1. The first-order valence-electron chi connectivity index (χ1n) is 8.84. The summed E-state index contributed by atoms with van der Waals surface area (Å²) in [7, 11) is 0. The summed E-state index contributed by atoms with van der Waals surface area (Å²) in [6.07, 6.45) is 0.330. The second-order valence-electron chi connectivity index (χ2n) is 6.30. The third-order valence-corrected chi connectivity index (χ3v) is 4.30. The highest BCUT2D eigenvalue weighted by atomic mass is 19.1. The van der Waals surface area contributed by atoms with Crippen molar-refractivity contribution < 1.29 is 18.7 Å². The molecule has 2 N–H and O–H groups in total. The quantitative estimate of drug-likeness (QED) is 0.849. The van der Waals surface area contributed by atoms with Gasteiger partial charge in [-0.15, -0.1) is 0 Å². The average molecular weight is 371 g/mol. The molecule has 3 rings (SSSR count). The highest BCUT2D eigenvalue weighted by molar-refractivity contribution is 5.89. The molecule has 0 aliphatic carbocycles. The van der Waals surface area contributed by atoms with E-state index in [1.165, 1.54) is 12.1 Å². The van der Waals surface area contributed by atoms with Crippen molar-refractivity contribution >= 4 is 17.6 Å². The first-order valence-corrected chi connectivity index (χ1v) is 8.84. The van der Waals surface area contributed by atoms with E-state index in [2.05, 4.69) is 10.6 Å². The predicted octanol–water partition coefficient (Wildman–Crippen LogP) is 2.55. The molecule has 142 valence electrons. The van der Waals surface area contributed by atoms with Crippen molar-refractivity contribution in [2.45, 2.75) is 13.0 Å². The molecule has 0 aromatic heterocycles. The van der Waals surface area contributed by atoms with Gasteiger partial charge in [0.1, 0.15) is 5.82 Å². The molecule has 7 heteroatoms. The van der Waals surface area contributed by atoms with E-state index in [0.717, 1.165) is 11.1 Å². The summed E-state index contributed by atoms with van der Waals surface area (Å²) in [4.78, 5) is 26.0. The minimum Gasteiger partial charge on any atom is -0.378 e. The number of hydrogen-bond donors (Lipinski definition) is 2. The number of nitrogens with one attached hydrogen (secondary N) is 2. The first-order chi connectivity index (χ1) is 13.1. The monoisotopic (exact) mass is 371 g/mol. The van der Waals surface area contributed by atoms with E-state index in [4.69, 9.17) is 4.74 Å². The SMILES string of the molecule is O=C(NCc1ccc(F)cc1)Nc1ccc(CC(=O)N2CCOCC2)cc1. The standard InChI is InChI=1S/C20H22FN3O3/c21-17-5-1-16(2-6-17)14-22-20(26)23-18-7-3-15(4-8-18)13-19(25)24-9-11-27-12-10-24/h1-8H,9-14H2,(H2,22,23,26). The van der Waals surface area contributed by atoms with Gasteiger partial charge in [-0.05, 0) is 35.4 Å². The van der Waals surface area contributed by atoms with Gasteiger partial charge < -0.3 is 20.3 Å². The Balaban J connectivity index is 1.45. The van der Waals surface area contributed by atoms with E-state index in [1.807, 2.05) is 12.1 Å². The van der Waals surface area contributed by atoms with Crippen LogP contribution in [0.15, 0.2) is 48.5 Å². The van der Waals surface area contributed by atoms with E-state index < -0.39 is 0 Å². The number of carbonyl (C=O) groups is 2. The summed E-state index contributed by atoms with van der Waals surface area (Å²) in [5.74, 6) is -0.230. The van der Waals surface area contributed by atoms with Crippen LogP contribution in [0.1, 0.15) is 11.1 Å². The number of nitrogens with zero attached hydrogens (tertiary/aromatic N) is 1. The van der Waals surface area contributed by atoms with Crippen molar-refractivity contribution in [3.8, 4) is 0 Å². The Bertz CT molecular complexity index is 772. The number of rotatable bonds is 5. The maximum absolute atomic E-state index is 12.9. The van der Waals surface area contributed by atoms with Gasteiger partial charge >= 0.3 is 6.03 Å². The van der Waals surface area contributed by atoms with Crippen LogP contribution in [0.2, 0.25) is 0 Å². The zero-order chi connectivity index (χ0) is 19.1. The second kappa shape index (κ2) is 9.14. The normalized spacial score (nSPS) is 13.9. The fourth-order valence-electron chi connectivity index (χ4n) is 2.76. The lowest BCUT2D eigenvalue weighted by Crippen LogP contribution is -2.41. The topological polar surface area (TPSA) is 70.7 Å². The summed E-state index contributed by atoms with van der Waals surface area (Å²) in [5.41, 5.74) is 2.33. The Hall–Kier alpha value is -2.93. The Labute approximate surface area is 157 Å². The smallest absolute Gasteiger partial charge is 0.319 e. The van der Waals surface area contributed by atoms with Crippen LogP contribution in [0.3, 0.4) is 0 Å². The highest BCUT2D eigenvalue weighted by Crippen LogP contribution is 2.12. The number of hydrogen-bond acceptors (Lipinski definition) is 3. The Kier molecular flexibility index (Phi) is 6.38. The molecule has 0 saturated carbocycles. The molecule has 1 aliphatic rings. The first kappa shape index (κ1) is 18.8. The fraction of sp³-hybridized carbons (Fsp3) is 0.300. The van der Waals surface area contributed by atoms with E-state index in [-0.39, 0.29) is 17.8 Å². The number of amides is 3. The predicted molar refractivity (Wildman–Crippen MR) is 99.8 cm³/mol. The van der Waals surface area contributed by atoms with Gasteiger partial charge in [-0.2, -0.15) is 0 Å². The number of halogens is 1. The van der Waals surface area contributed by atoms with Crippen LogP contribution in [0.25, 0.3) is 0 Å². The Morgan fingerprint density at radius 2 is 1.59 bits per heavy atom. The molecule has 0 unspecified atom stereocenters.